The minimum atomic E-state index is -0.888. The summed E-state index contributed by atoms with van der Waals surface area (Å²) >= 11 is 4.42. The largest absolute Gasteiger partial charge is 0.481 e. The number of nitro groups is 1. The number of benzene rings is 1. The van der Waals surface area contributed by atoms with E-state index >= 15 is 0 Å². The molecule has 7 nitrogen and oxygen atoms in total. The summed E-state index contributed by atoms with van der Waals surface area (Å²) in [6.07, 6.45) is 0.0994. The Labute approximate surface area is 133 Å². The van der Waals surface area contributed by atoms with E-state index in [1.54, 1.807) is 0 Å². The van der Waals surface area contributed by atoms with Gasteiger partial charge in [0.1, 0.15) is 0 Å². The lowest BCUT2D eigenvalue weighted by molar-refractivity contribution is -0.384. The van der Waals surface area contributed by atoms with Gasteiger partial charge in [-0.2, -0.15) is 0 Å². The van der Waals surface area contributed by atoms with Crippen LogP contribution in [0.25, 0.3) is 0 Å². The monoisotopic (exact) mass is 376 g/mol. The molecular weight excluding hydrogens is 364 g/mol. The number of carbonyl (C=O) groups is 2. The zero-order valence-corrected chi connectivity index (χ0v) is 13.3. The number of non-ortho nitro benzene ring substituents is 1. The summed E-state index contributed by atoms with van der Waals surface area (Å²) in [6, 6.07) is 4.22. The fourth-order valence-electron chi connectivity index (χ4n) is 1.45. The Bertz CT molecular complexity index is 552. The van der Waals surface area contributed by atoms with Crippen molar-refractivity contribution in [3.63, 3.8) is 0 Å². The van der Waals surface area contributed by atoms with E-state index in [2.05, 4.69) is 21.2 Å². The molecule has 1 amide bonds. The van der Waals surface area contributed by atoms with Gasteiger partial charge in [-0.05, 0) is 5.56 Å². The summed E-state index contributed by atoms with van der Waals surface area (Å²) in [5.74, 6) is -0.593. The van der Waals surface area contributed by atoms with Crippen LogP contribution in [0.5, 0.6) is 0 Å². The minimum Gasteiger partial charge on any atom is -0.481 e. The summed E-state index contributed by atoms with van der Waals surface area (Å²) in [5, 5.41) is 21.7. The van der Waals surface area contributed by atoms with Crippen molar-refractivity contribution in [3.05, 3.63) is 38.3 Å². The minimum absolute atomic E-state index is 0.00374. The first-order valence-electron chi connectivity index (χ1n) is 5.89. The highest BCUT2D eigenvalue weighted by molar-refractivity contribution is 9.10. The third-order valence-electron chi connectivity index (χ3n) is 2.39. The number of nitrogens with zero attached hydrogens (tertiary/aromatic N) is 1. The molecule has 21 heavy (non-hydrogen) atoms. The molecule has 0 aliphatic carbocycles. The van der Waals surface area contributed by atoms with Gasteiger partial charge < -0.3 is 10.4 Å². The maximum atomic E-state index is 11.7. The zero-order valence-electron chi connectivity index (χ0n) is 10.9. The molecule has 0 saturated carbocycles. The van der Waals surface area contributed by atoms with Gasteiger partial charge in [-0.3, -0.25) is 19.7 Å². The molecule has 0 bridgehead atoms. The molecule has 114 valence electrons. The molecule has 1 rings (SSSR count). The van der Waals surface area contributed by atoms with Crippen LogP contribution in [0.15, 0.2) is 22.7 Å². The van der Waals surface area contributed by atoms with Crippen LogP contribution in [0, 0.1) is 10.1 Å². The Hall–Kier alpha value is -1.61. The number of rotatable bonds is 8. The number of carboxylic acid groups (broad SMARTS) is 1. The average Bonchev–Trinajstić information content (AvgIpc) is 2.40. The molecule has 1 aromatic rings. The highest BCUT2D eigenvalue weighted by atomic mass is 79.9. The second-order valence-electron chi connectivity index (χ2n) is 4.01. The van der Waals surface area contributed by atoms with Crippen LogP contribution in [-0.4, -0.2) is 40.0 Å². The molecule has 0 atom stereocenters. The second kappa shape index (κ2) is 8.63. The molecule has 0 fully saturated rings. The van der Waals surface area contributed by atoms with Crippen LogP contribution >= 0.6 is 27.7 Å². The molecule has 0 spiro atoms. The van der Waals surface area contributed by atoms with E-state index < -0.39 is 10.9 Å². The van der Waals surface area contributed by atoms with Gasteiger partial charge in [0.2, 0.25) is 5.91 Å². The highest BCUT2D eigenvalue weighted by Crippen LogP contribution is 2.23. The van der Waals surface area contributed by atoms with Gasteiger partial charge in [-0.1, -0.05) is 22.0 Å². The Kier molecular flexibility index (Phi) is 7.17. The van der Waals surface area contributed by atoms with Gasteiger partial charge >= 0.3 is 5.97 Å². The molecule has 1 aromatic carbocycles. The van der Waals surface area contributed by atoms with Crippen LogP contribution in [-0.2, 0) is 16.0 Å². The number of nitro benzene ring substituents is 1. The molecule has 0 aliphatic rings. The van der Waals surface area contributed by atoms with E-state index in [1.807, 2.05) is 0 Å². The third-order valence-corrected chi connectivity index (χ3v) is 4.07. The van der Waals surface area contributed by atoms with Crippen molar-refractivity contribution in [2.45, 2.75) is 6.42 Å². The molecule has 9 heteroatoms. The van der Waals surface area contributed by atoms with Crippen molar-refractivity contribution in [1.82, 2.24) is 5.32 Å². The van der Waals surface area contributed by atoms with Crippen LogP contribution in [0.4, 0.5) is 5.69 Å². The highest BCUT2D eigenvalue weighted by Gasteiger charge is 2.11. The summed E-state index contributed by atoms with van der Waals surface area (Å²) in [7, 11) is 0. The van der Waals surface area contributed by atoms with Crippen molar-refractivity contribution >= 4 is 45.3 Å². The van der Waals surface area contributed by atoms with Gasteiger partial charge in [-0.15, -0.1) is 11.8 Å². The van der Waals surface area contributed by atoms with Crippen molar-refractivity contribution in [3.8, 4) is 0 Å². The Morgan fingerprint density at radius 2 is 2.14 bits per heavy atom. The van der Waals surface area contributed by atoms with Gasteiger partial charge in [0.15, 0.2) is 0 Å². The normalized spacial score (nSPS) is 10.1. The Morgan fingerprint density at radius 1 is 1.43 bits per heavy atom. The molecule has 0 saturated heterocycles. The molecule has 0 aromatic heterocycles. The van der Waals surface area contributed by atoms with Crippen molar-refractivity contribution < 1.29 is 19.6 Å². The summed E-state index contributed by atoms with van der Waals surface area (Å²) in [5.41, 5.74) is 0.604. The van der Waals surface area contributed by atoms with E-state index in [-0.39, 0.29) is 23.8 Å². The lowest BCUT2D eigenvalue weighted by Gasteiger charge is -2.06. The van der Waals surface area contributed by atoms with E-state index in [0.29, 0.717) is 22.3 Å². The lowest BCUT2D eigenvalue weighted by Crippen LogP contribution is -2.27. The fraction of sp³-hybridized carbons (Fsp3) is 0.333. The van der Waals surface area contributed by atoms with Crippen molar-refractivity contribution in [2.75, 3.05) is 18.1 Å². The zero-order chi connectivity index (χ0) is 15.8. The molecule has 0 aliphatic heterocycles. The average molecular weight is 377 g/mol. The smallest absolute Gasteiger partial charge is 0.313 e. The number of carboxylic acids is 1. The van der Waals surface area contributed by atoms with E-state index in [9.17, 15) is 19.7 Å². The van der Waals surface area contributed by atoms with Gasteiger partial charge in [0, 0.05) is 28.9 Å². The van der Waals surface area contributed by atoms with Crippen LogP contribution in [0.1, 0.15) is 5.56 Å². The lowest BCUT2D eigenvalue weighted by atomic mass is 10.1. The topological polar surface area (TPSA) is 110 Å². The first kappa shape index (κ1) is 17.4. The van der Waals surface area contributed by atoms with Crippen LogP contribution in [0.2, 0.25) is 0 Å². The predicted molar refractivity (Wildman–Crippen MR) is 82.5 cm³/mol. The number of hydrogen-bond donors (Lipinski definition) is 2. The van der Waals surface area contributed by atoms with E-state index in [0.717, 1.165) is 0 Å². The summed E-state index contributed by atoms with van der Waals surface area (Å²) in [4.78, 5) is 32.1. The molecule has 0 heterocycles. The number of carbonyl (C=O) groups excluding carboxylic acids is 1. The third kappa shape index (κ3) is 6.58. The second-order valence-corrected chi connectivity index (χ2v) is 5.97. The number of hydrogen-bond acceptors (Lipinski definition) is 5. The fourth-order valence-corrected chi connectivity index (χ4v) is 2.52. The molecular formula is C12H13BrN2O5S. The SMILES string of the molecule is O=C(O)CSCCNC(=O)Cc1ccc([N+](=O)[O-])cc1Br. The van der Waals surface area contributed by atoms with Gasteiger partial charge in [-0.25, -0.2) is 0 Å². The van der Waals surface area contributed by atoms with E-state index in [4.69, 9.17) is 5.11 Å². The summed E-state index contributed by atoms with van der Waals surface area (Å²) < 4.78 is 0.507. The predicted octanol–water partition coefficient (Wildman–Crippen LogP) is 1.83. The first-order chi connectivity index (χ1) is 9.90. The van der Waals surface area contributed by atoms with Gasteiger partial charge in [0.05, 0.1) is 17.1 Å². The molecule has 0 radical (unpaired) electrons. The van der Waals surface area contributed by atoms with Crippen LogP contribution in [0.3, 0.4) is 0 Å². The standard InChI is InChI=1S/C12H13BrN2O5S/c13-10-6-9(15(19)20)2-1-8(10)5-11(16)14-3-4-21-7-12(17)18/h1-2,6H,3-5,7H2,(H,14,16)(H,17,18). The number of nitrogens with one attached hydrogen (secondary N) is 1. The molecule has 0 unspecified atom stereocenters. The van der Waals surface area contributed by atoms with Crippen molar-refractivity contribution in [1.29, 1.82) is 0 Å². The number of aliphatic carboxylic acids is 1. The quantitative estimate of drug-likeness (QED) is 0.406. The maximum absolute atomic E-state index is 11.7. The number of amides is 1. The Morgan fingerprint density at radius 3 is 2.71 bits per heavy atom. The maximum Gasteiger partial charge on any atom is 0.313 e. The summed E-state index contributed by atoms with van der Waals surface area (Å²) in [6.45, 7) is 0.376. The molecule has 2 N–H and O–H groups in total. The number of halogens is 1. The van der Waals surface area contributed by atoms with Gasteiger partial charge in [0.25, 0.3) is 5.69 Å². The number of thioether (sulfide) groups is 1. The van der Waals surface area contributed by atoms with Crippen molar-refractivity contribution in [2.24, 2.45) is 0 Å². The Balaban J connectivity index is 2.41. The van der Waals surface area contributed by atoms with Crippen LogP contribution < -0.4 is 5.32 Å². The van der Waals surface area contributed by atoms with E-state index in [1.165, 1.54) is 30.0 Å². The first-order valence-corrected chi connectivity index (χ1v) is 7.84.